The first-order chi connectivity index (χ1) is 9.11. The van der Waals surface area contributed by atoms with E-state index in [1.54, 1.807) is 24.3 Å². The van der Waals surface area contributed by atoms with Crippen molar-refractivity contribution in [3.63, 3.8) is 0 Å². The average Bonchev–Trinajstić information content (AvgIpc) is 2.42. The molecule has 2 nitrogen and oxygen atoms in total. The summed E-state index contributed by atoms with van der Waals surface area (Å²) in [6, 6.07) is 10.6. The fourth-order valence-electron chi connectivity index (χ4n) is 1.64. The summed E-state index contributed by atoms with van der Waals surface area (Å²) in [5, 5.41) is 11.6. The molecule has 0 fully saturated rings. The molecule has 0 aliphatic carbocycles. The molecule has 0 unspecified atom stereocenters. The molecular formula is C14H9F3N2. The maximum Gasteiger partial charge on any atom is 0.194 e. The smallest absolute Gasteiger partial charge is 0.194 e. The summed E-state index contributed by atoms with van der Waals surface area (Å²) in [6.07, 6.45) is 0. The van der Waals surface area contributed by atoms with Crippen molar-refractivity contribution >= 4 is 5.69 Å². The van der Waals surface area contributed by atoms with E-state index in [1.807, 2.05) is 6.07 Å². The second kappa shape index (κ2) is 5.44. The zero-order valence-corrected chi connectivity index (χ0v) is 9.75. The predicted molar refractivity (Wildman–Crippen MR) is 64.8 cm³/mol. The molecule has 96 valence electrons. The number of hydrogen-bond donors (Lipinski definition) is 1. The molecule has 0 aromatic heterocycles. The normalized spacial score (nSPS) is 10.0. The lowest BCUT2D eigenvalue weighted by molar-refractivity contribution is 0.447. The van der Waals surface area contributed by atoms with Crippen molar-refractivity contribution < 1.29 is 13.2 Å². The molecule has 0 saturated heterocycles. The maximum atomic E-state index is 13.0. The Kier molecular flexibility index (Phi) is 3.71. The van der Waals surface area contributed by atoms with Crippen molar-refractivity contribution in [2.45, 2.75) is 6.54 Å². The van der Waals surface area contributed by atoms with Gasteiger partial charge in [0.15, 0.2) is 17.5 Å². The minimum atomic E-state index is -1.50. The highest BCUT2D eigenvalue weighted by molar-refractivity contribution is 5.46. The minimum Gasteiger partial charge on any atom is -0.381 e. The van der Waals surface area contributed by atoms with E-state index < -0.39 is 17.5 Å². The van der Waals surface area contributed by atoms with Crippen LogP contribution < -0.4 is 5.32 Å². The lowest BCUT2D eigenvalue weighted by Crippen LogP contribution is -2.03. The van der Waals surface area contributed by atoms with Gasteiger partial charge in [0.1, 0.15) is 0 Å². The lowest BCUT2D eigenvalue weighted by atomic mass is 10.1. The van der Waals surface area contributed by atoms with Crippen LogP contribution in [0.5, 0.6) is 0 Å². The molecule has 5 heteroatoms. The van der Waals surface area contributed by atoms with E-state index in [0.717, 1.165) is 12.1 Å². The van der Waals surface area contributed by atoms with Crippen molar-refractivity contribution in [1.29, 1.82) is 5.26 Å². The number of nitrogens with zero attached hydrogens (tertiary/aromatic N) is 1. The first-order valence-corrected chi connectivity index (χ1v) is 5.48. The molecule has 0 saturated carbocycles. The Labute approximate surface area is 108 Å². The van der Waals surface area contributed by atoms with Gasteiger partial charge in [-0.1, -0.05) is 18.2 Å². The lowest BCUT2D eigenvalue weighted by Gasteiger charge is -2.08. The summed E-state index contributed by atoms with van der Waals surface area (Å²) in [5.74, 6) is -4.00. The largest absolute Gasteiger partial charge is 0.381 e. The van der Waals surface area contributed by atoms with Crippen LogP contribution in [0.2, 0.25) is 0 Å². The Bertz CT molecular complexity index is 624. The van der Waals surface area contributed by atoms with Gasteiger partial charge in [-0.15, -0.1) is 0 Å². The zero-order valence-electron chi connectivity index (χ0n) is 9.75. The van der Waals surface area contributed by atoms with Gasteiger partial charge in [0.2, 0.25) is 0 Å². The molecule has 2 rings (SSSR count). The third-order valence-electron chi connectivity index (χ3n) is 2.60. The summed E-state index contributed by atoms with van der Waals surface area (Å²) in [4.78, 5) is 0. The number of halogens is 3. The highest BCUT2D eigenvalue weighted by Gasteiger charge is 2.10. The molecule has 0 radical (unpaired) electrons. The van der Waals surface area contributed by atoms with Crippen LogP contribution in [0.15, 0.2) is 36.4 Å². The van der Waals surface area contributed by atoms with Crippen LogP contribution in [0.25, 0.3) is 0 Å². The van der Waals surface area contributed by atoms with E-state index in [-0.39, 0.29) is 12.2 Å². The first-order valence-electron chi connectivity index (χ1n) is 5.48. The molecule has 0 bridgehead atoms. The van der Waals surface area contributed by atoms with Crippen molar-refractivity contribution in [1.82, 2.24) is 0 Å². The number of anilines is 1. The Balaban J connectivity index is 2.17. The van der Waals surface area contributed by atoms with E-state index in [1.165, 1.54) is 0 Å². The third-order valence-corrected chi connectivity index (χ3v) is 2.60. The van der Waals surface area contributed by atoms with E-state index in [2.05, 4.69) is 5.32 Å². The van der Waals surface area contributed by atoms with Gasteiger partial charge in [-0.2, -0.15) is 5.26 Å². The van der Waals surface area contributed by atoms with Crippen LogP contribution in [-0.2, 0) is 6.54 Å². The van der Waals surface area contributed by atoms with Crippen molar-refractivity contribution in [2.24, 2.45) is 0 Å². The van der Waals surface area contributed by atoms with Crippen LogP contribution in [0.4, 0.5) is 18.9 Å². The van der Waals surface area contributed by atoms with Gasteiger partial charge in [-0.25, -0.2) is 13.2 Å². The fraction of sp³-hybridized carbons (Fsp3) is 0.0714. The standard InChI is InChI=1S/C14H9F3N2/c15-12-5-11(6-13(16)14(12)17)19-8-10-4-2-1-3-9(10)7-18/h1-6,19H,8H2. The molecule has 2 aromatic rings. The molecular weight excluding hydrogens is 253 g/mol. The van der Waals surface area contributed by atoms with Gasteiger partial charge in [0, 0.05) is 24.4 Å². The fourth-order valence-corrected chi connectivity index (χ4v) is 1.64. The zero-order chi connectivity index (χ0) is 13.8. The van der Waals surface area contributed by atoms with Gasteiger partial charge < -0.3 is 5.32 Å². The van der Waals surface area contributed by atoms with Gasteiger partial charge in [-0.05, 0) is 11.6 Å². The van der Waals surface area contributed by atoms with Gasteiger partial charge in [0.25, 0.3) is 0 Å². The van der Waals surface area contributed by atoms with E-state index in [4.69, 9.17) is 5.26 Å². The van der Waals surface area contributed by atoms with Gasteiger partial charge in [0.05, 0.1) is 11.6 Å². The maximum absolute atomic E-state index is 13.0. The summed E-state index contributed by atoms with van der Waals surface area (Å²) >= 11 is 0. The number of benzene rings is 2. The van der Waals surface area contributed by atoms with Crippen LogP contribution in [0, 0.1) is 28.8 Å². The van der Waals surface area contributed by atoms with E-state index >= 15 is 0 Å². The summed E-state index contributed by atoms with van der Waals surface area (Å²) in [6.45, 7) is 0.217. The Morgan fingerprint density at radius 1 is 1.05 bits per heavy atom. The van der Waals surface area contributed by atoms with Crippen LogP contribution >= 0.6 is 0 Å². The highest BCUT2D eigenvalue weighted by Crippen LogP contribution is 2.18. The number of hydrogen-bond acceptors (Lipinski definition) is 2. The molecule has 0 aliphatic rings. The number of nitrogens with one attached hydrogen (secondary N) is 1. The van der Waals surface area contributed by atoms with E-state index in [0.29, 0.717) is 11.1 Å². The van der Waals surface area contributed by atoms with Crippen molar-refractivity contribution in [3.8, 4) is 6.07 Å². The Morgan fingerprint density at radius 3 is 2.32 bits per heavy atom. The van der Waals surface area contributed by atoms with Gasteiger partial charge >= 0.3 is 0 Å². The summed E-state index contributed by atoms with van der Waals surface area (Å²) in [7, 11) is 0. The molecule has 0 heterocycles. The Hall–Kier alpha value is -2.48. The first kappa shape index (κ1) is 13.0. The van der Waals surface area contributed by atoms with Crippen LogP contribution in [-0.4, -0.2) is 0 Å². The molecule has 0 amide bonds. The second-order valence-electron chi connectivity index (χ2n) is 3.88. The van der Waals surface area contributed by atoms with Crippen LogP contribution in [0.3, 0.4) is 0 Å². The molecule has 0 aliphatic heterocycles. The molecule has 0 spiro atoms. The SMILES string of the molecule is N#Cc1ccccc1CNc1cc(F)c(F)c(F)c1. The number of rotatable bonds is 3. The Morgan fingerprint density at radius 2 is 1.68 bits per heavy atom. The quantitative estimate of drug-likeness (QED) is 0.858. The van der Waals surface area contributed by atoms with E-state index in [9.17, 15) is 13.2 Å². The topological polar surface area (TPSA) is 35.8 Å². The van der Waals surface area contributed by atoms with Gasteiger partial charge in [-0.3, -0.25) is 0 Å². The molecule has 2 aromatic carbocycles. The molecule has 0 atom stereocenters. The van der Waals surface area contributed by atoms with Crippen molar-refractivity contribution in [3.05, 3.63) is 65.0 Å². The van der Waals surface area contributed by atoms with Crippen molar-refractivity contribution in [2.75, 3.05) is 5.32 Å². The highest BCUT2D eigenvalue weighted by atomic mass is 19.2. The summed E-state index contributed by atoms with van der Waals surface area (Å²) < 4.78 is 38.8. The summed E-state index contributed by atoms with van der Waals surface area (Å²) in [5.41, 5.74) is 1.28. The monoisotopic (exact) mass is 262 g/mol. The van der Waals surface area contributed by atoms with Crippen LogP contribution in [0.1, 0.15) is 11.1 Å². The predicted octanol–water partition coefficient (Wildman–Crippen LogP) is 3.59. The molecule has 19 heavy (non-hydrogen) atoms. The third kappa shape index (κ3) is 2.86. The average molecular weight is 262 g/mol. The second-order valence-corrected chi connectivity index (χ2v) is 3.88. The minimum absolute atomic E-state index is 0.115. The number of nitriles is 1. The molecule has 1 N–H and O–H groups in total.